The molecule has 1 saturated heterocycles. The van der Waals surface area contributed by atoms with Crippen LogP contribution in [0.3, 0.4) is 0 Å². The number of hydrogen-bond donors (Lipinski definition) is 1. The number of likely N-dealkylation sites (tertiary alicyclic amines) is 1. The van der Waals surface area contributed by atoms with Gasteiger partial charge in [0.1, 0.15) is 0 Å². The highest BCUT2D eigenvalue weighted by Crippen LogP contribution is 2.07. The average Bonchev–Trinajstić information content (AvgIpc) is 2.83. The Morgan fingerprint density at radius 2 is 1.76 bits per heavy atom. The lowest BCUT2D eigenvalue weighted by molar-refractivity contribution is -0.119. The minimum absolute atomic E-state index is 0.242. The average molecular weight is 232 g/mol. The van der Waals surface area contributed by atoms with E-state index in [4.69, 9.17) is 0 Å². The van der Waals surface area contributed by atoms with Crippen LogP contribution in [0, 0.1) is 0 Å². The van der Waals surface area contributed by atoms with Gasteiger partial charge in [-0.1, -0.05) is 30.3 Å². The van der Waals surface area contributed by atoms with Crippen molar-refractivity contribution >= 4 is 11.9 Å². The standard InChI is InChI=1S/C13H16N2O2/c16-12(10-11-6-2-1-3-7-11)14-13(17)15-8-4-5-9-15/h1-3,6-7H,4-5,8-10H2,(H,14,16,17). The summed E-state index contributed by atoms with van der Waals surface area (Å²) in [6, 6.07) is 9.15. The minimum Gasteiger partial charge on any atom is -0.324 e. The third kappa shape index (κ3) is 3.31. The second-order valence-electron chi connectivity index (χ2n) is 4.21. The Hall–Kier alpha value is -1.84. The maximum atomic E-state index is 11.6. The first-order chi connectivity index (χ1) is 8.25. The van der Waals surface area contributed by atoms with Crippen LogP contribution in [0.4, 0.5) is 4.79 Å². The van der Waals surface area contributed by atoms with E-state index in [0.717, 1.165) is 31.5 Å². The Morgan fingerprint density at radius 1 is 1.12 bits per heavy atom. The number of benzene rings is 1. The fourth-order valence-corrected chi connectivity index (χ4v) is 1.94. The van der Waals surface area contributed by atoms with E-state index in [1.54, 1.807) is 4.90 Å². The Kier molecular flexibility index (Phi) is 3.75. The highest BCUT2D eigenvalue weighted by Gasteiger charge is 2.19. The van der Waals surface area contributed by atoms with Crippen LogP contribution < -0.4 is 5.32 Å². The third-order valence-corrected chi connectivity index (χ3v) is 2.85. The van der Waals surface area contributed by atoms with E-state index in [-0.39, 0.29) is 18.4 Å². The highest BCUT2D eigenvalue weighted by atomic mass is 16.2. The molecule has 0 spiro atoms. The number of rotatable bonds is 2. The quantitative estimate of drug-likeness (QED) is 0.841. The summed E-state index contributed by atoms with van der Waals surface area (Å²) in [4.78, 5) is 24.9. The van der Waals surface area contributed by atoms with Gasteiger partial charge in [0.2, 0.25) is 5.91 Å². The van der Waals surface area contributed by atoms with Crippen LogP contribution in [0.1, 0.15) is 18.4 Å². The summed E-state index contributed by atoms with van der Waals surface area (Å²) in [6.07, 6.45) is 2.31. The van der Waals surface area contributed by atoms with Crippen molar-refractivity contribution in [2.24, 2.45) is 0 Å². The van der Waals surface area contributed by atoms with Crippen LogP contribution in [0.25, 0.3) is 0 Å². The van der Waals surface area contributed by atoms with E-state index in [2.05, 4.69) is 5.32 Å². The zero-order valence-corrected chi connectivity index (χ0v) is 9.69. The van der Waals surface area contributed by atoms with Gasteiger partial charge in [0, 0.05) is 13.1 Å². The summed E-state index contributed by atoms with van der Waals surface area (Å²) in [5.74, 6) is -0.242. The molecule has 0 aliphatic carbocycles. The molecule has 0 unspecified atom stereocenters. The number of imide groups is 1. The van der Waals surface area contributed by atoms with Gasteiger partial charge >= 0.3 is 6.03 Å². The van der Waals surface area contributed by atoms with E-state index in [1.165, 1.54) is 0 Å². The molecule has 4 nitrogen and oxygen atoms in total. The summed E-state index contributed by atoms with van der Waals surface area (Å²) in [5.41, 5.74) is 0.916. The van der Waals surface area contributed by atoms with E-state index in [9.17, 15) is 9.59 Å². The molecule has 2 rings (SSSR count). The number of hydrogen-bond acceptors (Lipinski definition) is 2. The van der Waals surface area contributed by atoms with Crippen molar-refractivity contribution in [1.82, 2.24) is 10.2 Å². The van der Waals surface area contributed by atoms with Crippen LogP contribution in [-0.4, -0.2) is 29.9 Å². The largest absolute Gasteiger partial charge is 0.324 e. The molecular formula is C13H16N2O2. The van der Waals surface area contributed by atoms with E-state index >= 15 is 0 Å². The molecule has 4 heteroatoms. The highest BCUT2D eigenvalue weighted by molar-refractivity contribution is 5.95. The van der Waals surface area contributed by atoms with E-state index in [0.29, 0.717) is 0 Å². The van der Waals surface area contributed by atoms with Gasteiger partial charge in [0.15, 0.2) is 0 Å². The molecule has 1 heterocycles. The maximum absolute atomic E-state index is 11.6. The predicted octanol–water partition coefficient (Wildman–Crippen LogP) is 1.56. The van der Waals surface area contributed by atoms with Gasteiger partial charge in [-0.3, -0.25) is 10.1 Å². The van der Waals surface area contributed by atoms with Crippen LogP contribution in [0.5, 0.6) is 0 Å². The van der Waals surface area contributed by atoms with Crippen molar-refractivity contribution in [2.45, 2.75) is 19.3 Å². The molecule has 0 atom stereocenters. The first-order valence-corrected chi connectivity index (χ1v) is 5.88. The molecule has 1 N–H and O–H groups in total. The number of amides is 3. The molecule has 1 aromatic carbocycles. The monoisotopic (exact) mass is 232 g/mol. The van der Waals surface area contributed by atoms with Crippen molar-refractivity contribution in [3.63, 3.8) is 0 Å². The topological polar surface area (TPSA) is 49.4 Å². The first kappa shape index (κ1) is 11.6. The summed E-state index contributed by atoms with van der Waals surface area (Å²) < 4.78 is 0. The second kappa shape index (κ2) is 5.48. The Balaban J connectivity index is 1.83. The Morgan fingerprint density at radius 3 is 2.41 bits per heavy atom. The molecule has 0 saturated carbocycles. The SMILES string of the molecule is O=C(Cc1ccccc1)NC(=O)N1CCCC1. The Labute approximate surface area is 101 Å². The lowest BCUT2D eigenvalue weighted by atomic mass is 10.1. The maximum Gasteiger partial charge on any atom is 0.324 e. The summed E-state index contributed by atoms with van der Waals surface area (Å²) in [5, 5.41) is 2.42. The molecule has 1 fully saturated rings. The van der Waals surface area contributed by atoms with Crippen LogP contribution in [-0.2, 0) is 11.2 Å². The van der Waals surface area contributed by atoms with E-state index < -0.39 is 0 Å². The van der Waals surface area contributed by atoms with E-state index in [1.807, 2.05) is 30.3 Å². The summed E-state index contributed by atoms with van der Waals surface area (Å²) in [6.45, 7) is 1.51. The van der Waals surface area contributed by atoms with Crippen molar-refractivity contribution in [3.8, 4) is 0 Å². The van der Waals surface area contributed by atoms with Crippen LogP contribution in [0.2, 0.25) is 0 Å². The molecule has 1 aliphatic heterocycles. The van der Waals surface area contributed by atoms with Gasteiger partial charge in [-0.15, -0.1) is 0 Å². The molecule has 17 heavy (non-hydrogen) atoms. The molecule has 1 aromatic rings. The summed E-state index contributed by atoms with van der Waals surface area (Å²) >= 11 is 0. The number of carbonyl (C=O) groups excluding carboxylic acids is 2. The normalized spacial score (nSPS) is 14.7. The van der Waals surface area contributed by atoms with Gasteiger partial charge in [-0.25, -0.2) is 4.79 Å². The molecule has 0 aromatic heterocycles. The fraction of sp³-hybridized carbons (Fsp3) is 0.385. The molecule has 0 radical (unpaired) electrons. The van der Waals surface area contributed by atoms with Crippen molar-refractivity contribution in [3.05, 3.63) is 35.9 Å². The minimum atomic E-state index is -0.261. The molecule has 3 amide bonds. The van der Waals surface area contributed by atoms with Crippen molar-refractivity contribution in [2.75, 3.05) is 13.1 Å². The predicted molar refractivity (Wildman–Crippen MR) is 64.5 cm³/mol. The fourth-order valence-electron chi connectivity index (χ4n) is 1.94. The summed E-state index contributed by atoms with van der Waals surface area (Å²) in [7, 11) is 0. The van der Waals surface area contributed by atoms with Gasteiger partial charge < -0.3 is 4.90 Å². The molecular weight excluding hydrogens is 216 g/mol. The number of nitrogens with zero attached hydrogens (tertiary/aromatic N) is 1. The molecule has 1 aliphatic rings. The number of urea groups is 1. The Bertz CT molecular complexity index is 397. The third-order valence-electron chi connectivity index (χ3n) is 2.85. The molecule has 0 bridgehead atoms. The number of nitrogens with one attached hydrogen (secondary N) is 1. The van der Waals surface area contributed by atoms with Gasteiger partial charge in [0.05, 0.1) is 6.42 Å². The van der Waals surface area contributed by atoms with Gasteiger partial charge in [0.25, 0.3) is 0 Å². The smallest absolute Gasteiger partial charge is 0.324 e. The lowest BCUT2D eigenvalue weighted by Crippen LogP contribution is -2.41. The zero-order valence-electron chi connectivity index (χ0n) is 9.69. The molecule has 90 valence electrons. The van der Waals surface area contributed by atoms with Crippen molar-refractivity contribution < 1.29 is 9.59 Å². The lowest BCUT2D eigenvalue weighted by Gasteiger charge is -2.15. The van der Waals surface area contributed by atoms with Crippen molar-refractivity contribution in [1.29, 1.82) is 0 Å². The first-order valence-electron chi connectivity index (χ1n) is 5.88. The van der Waals surface area contributed by atoms with Gasteiger partial charge in [-0.05, 0) is 18.4 Å². The van der Waals surface area contributed by atoms with Crippen LogP contribution >= 0.6 is 0 Å². The second-order valence-corrected chi connectivity index (χ2v) is 4.21. The van der Waals surface area contributed by atoms with Gasteiger partial charge in [-0.2, -0.15) is 0 Å². The van der Waals surface area contributed by atoms with Crippen LogP contribution in [0.15, 0.2) is 30.3 Å². The zero-order chi connectivity index (χ0) is 12.1. The number of carbonyl (C=O) groups is 2.